The molecular weight excluding hydrogens is 292 g/mol. The molecule has 0 atom stereocenters. The number of hydrogen-bond donors (Lipinski definition) is 1. The molecule has 2 rings (SSSR count). The number of amides is 1. The van der Waals surface area contributed by atoms with Crippen LogP contribution in [0.5, 0.6) is 5.75 Å². The van der Waals surface area contributed by atoms with Crippen molar-refractivity contribution in [1.29, 1.82) is 0 Å². The third-order valence-electron chi connectivity index (χ3n) is 3.00. The molecule has 0 bridgehead atoms. The second-order valence-corrected chi connectivity index (χ2v) is 4.95. The van der Waals surface area contributed by atoms with Gasteiger partial charge in [-0.2, -0.15) is 0 Å². The number of rotatable bonds is 4. The lowest BCUT2D eigenvalue weighted by Crippen LogP contribution is -2.27. The quantitative estimate of drug-likeness (QED) is 0.939. The van der Waals surface area contributed by atoms with Gasteiger partial charge in [0.15, 0.2) is 5.75 Å². The number of methoxy groups -OCH3 is 1. The van der Waals surface area contributed by atoms with E-state index in [9.17, 15) is 9.59 Å². The molecule has 0 aliphatic heterocycles. The molecule has 5 nitrogen and oxygen atoms in total. The summed E-state index contributed by atoms with van der Waals surface area (Å²) < 4.78 is 6.47. The largest absolute Gasteiger partial charge is 0.491 e. The van der Waals surface area contributed by atoms with Gasteiger partial charge in [0.05, 0.1) is 13.3 Å². The van der Waals surface area contributed by atoms with Crippen molar-refractivity contribution in [3.05, 3.63) is 63.0 Å². The molecule has 1 heterocycles. The first-order chi connectivity index (χ1) is 10.0. The number of aromatic nitrogens is 1. The van der Waals surface area contributed by atoms with Gasteiger partial charge in [-0.15, -0.1) is 0 Å². The fraction of sp³-hybridized carbons (Fsp3) is 0.200. The number of halogens is 1. The van der Waals surface area contributed by atoms with Crippen molar-refractivity contribution in [3.63, 3.8) is 0 Å². The fourth-order valence-electron chi connectivity index (χ4n) is 1.91. The molecule has 0 aliphatic carbocycles. The minimum absolute atomic E-state index is 0.198. The van der Waals surface area contributed by atoms with Gasteiger partial charge in [0.25, 0.3) is 5.91 Å². The Bertz CT molecular complexity index is 725. The summed E-state index contributed by atoms with van der Waals surface area (Å²) in [6, 6.07) is 8.47. The first-order valence-corrected chi connectivity index (χ1v) is 6.66. The van der Waals surface area contributed by atoms with Crippen LogP contribution >= 0.6 is 11.6 Å². The number of carbonyl (C=O) groups excluding carboxylic acids is 1. The molecule has 21 heavy (non-hydrogen) atoms. The van der Waals surface area contributed by atoms with Gasteiger partial charge in [-0.1, -0.05) is 23.7 Å². The van der Waals surface area contributed by atoms with E-state index in [2.05, 4.69) is 5.32 Å². The van der Waals surface area contributed by atoms with Crippen LogP contribution in [0, 0.1) is 0 Å². The Kier molecular flexibility index (Phi) is 4.65. The molecule has 110 valence electrons. The summed E-state index contributed by atoms with van der Waals surface area (Å²) in [4.78, 5) is 23.8. The van der Waals surface area contributed by atoms with E-state index in [-0.39, 0.29) is 22.8 Å². The lowest BCUT2D eigenvalue weighted by atomic mass is 10.2. The second kappa shape index (κ2) is 6.45. The van der Waals surface area contributed by atoms with Crippen molar-refractivity contribution in [2.45, 2.75) is 6.54 Å². The highest BCUT2D eigenvalue weighted by molar-refractivity contribution is 6.30. The number of pyridine rings is 1. The molecule has 6 heteroatoms. The maximum atomic E-state index is 12.1. The Morgan fingerprint density at radius 3 is 2.81 bits per heavy atom. The zero-order valence-electron chi connectivity index (χ0n) is 11.7. The van der Waals surface area contributed by atoms with Crippen molar-refractivity contribution in [1.82, 2.24) is 9.88 Å². The Labute approximate surface area is 127 Å². The van der Waals surface area contributed by atoms with Gasteiger partial charge >= 0.3 is 0 Å². The van der Waals surface area contributed by atoms with Crippen LogP contribution in [0.1, 0.15) is 16.1 Å². The first kappa shape index (κ1) is 15.1. The molecular formula is C15H15ClN2O3. The van der Waals surface area contributed by atoms with Crippen molar-refractivity contribution in [2.75, 3.05) is 7.11 Å². The van der Waals surface area contributed by atoms with Gasteiger partial charge in [-0.25, -0.2) is 0 Å². The van der Waals surface area contributed by atoms with Crippen LogP contribution in [-0.2, 0) is 13.6 Å². The van der Waals surface area contributed by atoms with Gasteiger partial charge < -0.3 is 14.6 Å². The first-order valence-electron chi connectivity index (χ1n) is 6.28. The number of benzene rings is 1. The van der Waals surface area contributed by atoms with E-state index >= 15 is 0 Å². The standard InChI is InChI=1S/C15H15ClN2O3/c1-18-9-14(21-2)13(19)7-12(18)15(20)17-8-10-4-3-5-11(16)6-10/h3-7,9H,8H2,1-2H3,(H,17,20). The van der Waals surface area contributed by atoms with Gasteiger partial charge in [-0.3, -0.25) is 9.59 Å². The monoisotopic (exact) mass is 306 g/mol. The van der Waals surface area contributed by atoms with Crippen LogP contribution in [0.2, 0.25) is 5.02 Å². The van der Waals surface area contributed by atoms with Gasteiger partial charge in [0.2, 0.25) is 5.43 Å². The average molecular weight is 307 g/mol. The predicted molar refractivity (Wildman–Crippen MR) is 80.9 cm³/mol. The zero-order chi connectivity index (χ0) is 15.4. The summed E-state index contributed by atoms with van der Waals surface area (Å²) in [5, 5.41) is 3.36. The number of carbonyl (C=O) groups is 1. The molecule has 0 saturated heterocycles. The molecule has 0 unspecified atom stereocenters. The van der Waals surface area contributed by atoms with E-state index in [0.717, 1.165) is 5.56 Å². The molecule has 1 aromatic heterocycles. The van der Waals surface area contributed by atoms with Crippen LogP contribution in [0.4, 0.5) is 0 Å². The third kappa shape index (κ3) is 3.64. The molecule has 0 saturated carbocycles. The lowest BCUT2D eigenvalue weighted by Gasteiger charge is -2.11. The van der Waals surface area contributed by atoms with Gasteiger partial charge in [0.1, 0.15) is 5.69 Å². The number of aryl methyl sites for hydroxylation is 1. The molecule has 0 radical (unpaired) electrons. The number of nitrogens with one attached hydrogen (secondary N) is 1. The molecule has 0 spiro atoms. The van der Waals surface area contributed by atoms with Crippen molar-refractivity contribution in [3.8, 4) is 5.75 Å². The molecule has 0 fully saturated rings. The molecule has 0 aliphatic rings. The van der Waals surface area contributed by atoms with E-state index in [4.69, 9.17) is 16.3 Å². The Morgan fingerprint density at radius 2 is 2.14 bits per heavy atom. The zero-order valence-corrected chi connectivity index (χ0v) is 12.5. The van der Waals surface area contributed by atoms with Crippen LogP contribution in [0.15, 0.2) is 41.3 Å². The van der Waals surface area contributed by atoms with Crippen molar-refractivity contribution < 1.29 is 9.53 Å². The fourth-order valence-corrected chi connectivity index (χ4v) is 2.12. The summed E-state index contributed by atoms with van der Waals surface area (Å²) in [6.07, 6.45) is 1.48. The summed E-state index contributed by atoms with van der Waals surface area (Å²) in [6.45, 7) is 0.333. The Hall–Kier alpha value is -2.27. The molecule has 1 N–H and O–H groups in total. The minimum atomic E-state index is -0.336. The van der Waals surface area contributed by atoms with Crippen LogP contribution in [0.3, 0.4) is 0 Å². The second-order valence-electron chi connectivity index (χ2n) is 4.51. The summed E-state index contributed by atoms with van der Waals surface area (Å²) >= 11 is 5.88. The van der Waals surface area contributed by atoms with E-state index in [1.165, 1.54) is 19.4 Å². The van der Waals surface area contributed by atoms with Crippen LogP contribution in [-0.4, -0.2) is 17.6 Å². The number of ether oxygens (including phenoxy) is 1. The number of hydrogen-bond acceptors (Lipinski definition) is 3. The molecule has 1 amide bonds. The van der Waals surface area contributed by atoms with Crippen molar-refractivity contribution >= 4 is 17.5 Å². The SMILES string of the molecule is COc1cn(C)c(C(=O)NCc2cccc(Cl)c2)cc1=O. The summed E-state index contributed by atoms with van der Waals surface area (Å²) in [5.41, 5.74) is 0.820. The maximum absolute atomic E-state index is 12.1. The van der Waals surface area contributed by atoms with E-state index < -0.39 is 0 Å². The topological polar surface area (TPSA) is 60.3 Å². The highest BCUT2D eigenvalue weighted by Crippen LogP contribution is 2.10. The summed E-state index contributed by atoms with van der Waals surface area (Å²) in [7, 11) is 3.09. The maximum Gasteiger partial charge on any atom is 0.268 e. The van der Waals surface area contributed by atoms with E-state index in [0.29, 0.717) is 11.6 Å². The average Bonchev–Trinajstić information content (AvgIpc) is 2.46. The van der Waals surface area contributed by atoms with E-state index in [1.54, 1.807) is 23.7 Å². The minimum Gasteiger partial charge on any atom is -0.491 e. The molecule has 2 aromatic rings. The Balaban J connectivity index is 2.14. The molecule has 1 aromatic carbocycles. The van der Waals surface area contributed by atoms with E-state index in [1.807, 2.05) is 12.1 Å². The van der Waals surface area contributed by atoms with Gasteiger partial charge in [0, 0.05) is 24.7 Å². The third-order valence-corrected chi connectivity index (χ3v) is 3.23. The van der Waals surface area contributed by atoms with Crippen molar-refractivity contribution in [2.24, 2.45) is 7.05 Å². The summed E-state index contributed by atoms with van der Waals surface area (Å²) in [5.74, 6) is -0.138. The smallest absolute Gasteiger partial charge is 0.268 e. The lowest BCUT2D eigenvalue weighted by molar-refractivity contribution is 0.0941. The van der Waals surface area contributed by atoms with Crippen LogP contribution in [0.25, 0.3) is 0 Å². The Morgan fingerprint density at radius 1 is 1.38 bits per heavy atom. The normalized spacial score (nSPS) is 10.2. The highest BCUT2D eigenvalue weighted by Gasteiger charge is 2.12. The van der Waals surface area contributed by atoms with Gasteiger partial charge in [-0.05, 0) is 17.7 Å². The highest BCUT2D eigenvalue weighted by atomic mass is 35.5. The number of nitrogens with zero attached hydrogens (tertiary/aromatic N) is 1. The predicted octanol–water partition coefficient (Wildman–Crippen LogP) is 1.98. The van der Waals surface area contributed by atoms with Crippen LogP contribution < -0.4 is 15.5 Å².